The van der Waals surface area contributed by atoms with Crippen molar-refractivity contribution in [1.29, 1.82) is 0 Å². The van der Waals surface area contributed by atoms with Gasteiger partial charge in [0.2, 0.25) is 10.0 Å². The average molecular weight is 290 g/mol. The van der Waals surface area contributed by atoms with Crippen molar-refractivity contribution in [3.05, 3.63) is 22.2 Å². The monoisotopic (exact) mass is 290 g/mol. The summed E-state index contributed by atoms with van der Waals surface area (Å²) in [5.41, 5.74) is -0.444. The Morgan fingerprint density at radius 1 is 1.37 bits per heavy atom. The molecule has 0 aliphatic carbocycles. The molecule has 1 aromatic carbocycles. The van der Waals surface area contributed by atoms with E-state index in [0.29, 0.717) is 0 Å². The molecule has 0 saturated heterocycles. The Bertz CT molecular complexity index is 596. The van der Waals surface area contributed by atoms with Crippen molar-refractivity contribution in [3.63, 3.8) is 0 Å². The van der Waals surface area contributed by atoms with Gasteiger partial charge in [-0.1, -0.05) is 0 Å². The molecule has 0 aliphatic rings. The second-order valence-electron chi connectivity index (χ2n) is 3.94. The Morgan fingerprint density at radius 2 is 1.95 bits per heavy atom. The molecule has 0 unspecified atom stereocenters. The lowest BCUT2D eigenvalue weighted by Gasteiger charge is -2.15. The molecule has 0 aliphatic heterocycles. The van der Waals surface area contributed by atoms with Gasteiger partial charge in [-0.05, 0) is 13.8 Å². The standard InChI is InChI=1S/C10H14N2O6S/c1-6(2)18-8-4-7(12(13)14)5-9(10(8)17-3)19(11,15)16/h4-6H,1-3H3,(H2,11,15,16). The van der Waals surface area contributed by atoms with Crippen molar-refractivity contribution in [3.8, 4) is 11.5 Å². The van der Waals surface area contributed by atoms with Crippen LogP contribution in [0.1, 0.15) is 13.8 Å². The van der Waals surface area contributed by atoms with E-state index < -0.39 is 25.5 Å². The van der Waals surface area contributed by atoms with E-state index in [2.05, 4.69) is 0 Å². The molecule has 0 saturated carbocycles. The van der Waals surface area contributed by atoms with Gasteiger partial charge in [0.1, 0.15) is 4.90 Å². The highest BCUT2D eigenvalue weighted by atomic mass is 32.2. The number of ether oxygens (including phenoxy) is 2. The highest BCUT2D eigenvalue weighted by Gasteiger charge is 2.25. The fourth-order valence-electron chi connectivity index (χ4n) is 1.42. The molecule has 0 atom stereocenters. The Hall–Kier alpha value is -1.87. The van der Waals surface area contributed by atoms with Gasteiger partial charge in [0.05, 0.1) is 24.2 Å². The first-order valence-corrected chi connectivity index (χ1v) is 6.77. The molecule has 0 fully saturated rings. The molecule has 0 radical (unpaired) electrons. The second-order valence-corrected chi connectivity index (χ2v) is 5.47. The molecular formula is C10H14N2O6S. The number of nitro benzene ring substituents is 1. The summed E-state index contributed by atoms with van der Waals surface area (Å²) in [6.07, 6.45) is -0.316. The zero-order valence-electron chi connectivity index (χ0n) is 10.6. The molecule has 0 spiro atoms. The second kappa shape index (κ2) is 5.41. The molecule has 19 heavy (non-hydrogen) atoms. The van der Waals surface area contributed by atoms with Gasteiger partial charge in [-0.15, -0.1) is 0 Å². The first-order valence-electron chi connectivity index (χ1n) is 5.22. The predicted molar refractivity (Wildman–Crippen MR) is 66.8 cm³/mol. The maximum atomic E-state index is 11.4. The van der Waals surface area contributed by atoms with Crippen LogP contribution in [-0.2, 0) is 10.0 Å². The number of primary sulfonamides is 1. The van der Waals surface area contributed by atoms with Crippen molar-refractivity contribution in [2.45, 2.75) is 24.8 Å². The lowest BCUT2D eigenvalue weighted by molar-refractivity contribution is -0.385. The largest absolute Gasteiger partial charge is 0.492 e. The molecule has 1 aromatic rings. The fraction of sp³-hybridized carbons (Fsp3) is 0.400. The predicted octanol–water partition coefficient (Wildman–Crippen LogP) is 1.04. The third-order valence-corrected chi connectivity index (χ3v) is 3.01. The molecule has 8 nitrogen and oxygen atoms in total. The van der Waals surface area contributed by atoms with Crippen LogP contribution in [0.25, 0.3) is 0 Å². The number of methoxy groups -OCH3 is 1. The first kappa shape index (κ1) is 15.2. The number of hydrogen-bond donors (Lipinski definition) is 1. The number of non-ortho nitro benzene ring substituents is 1. The van der Waals surface area contributed by atoms with Crippen molar-refractivity contribution >= 4 is 15.7 Å². The maximum absolute atomic E-state index is 11.4. The zero-order valence-corrected chi connectivity index (χ0v) is 11.4. The number of nitrogens with two attached hydrogens (primary N) is 1. The normalized spacial score (nSPS) is 11.4. The average Bonchev–Trinajstić information content (AvgIpc) is 2.25. The van der Waals surface area contributed by atoms with Crippen LogP contribution in [0.5, 0.6) is 11.5 Å². The van der Waals surface area contributed by atoms with Gasteiger partial charge >= 0.3 is 0 Å². The third kappa shape index (κ3) is 3.55. The minimum absolute atomic E-state index is 0.0456. The molecule has 2 N–H and O–H groups in total. The van der Waals surface area contributed by atoms with Crippen molar-refractivity contribution in [2.75, 3.05) is 7.11 Å². The van der Waals surface area contributed by atoms with Crippen molar-refractivity contribution in [1.82, 2.24) is 0 Å². The van der Waals surface area contributed by atoms with E-state index in [-0.39, 0.29) is 17.6 Å². The van der Waals surface area contributed by atoms with Crippen molar-refractivity contribution < 1.29 is 22.8 Å². The summed E-state index contributed by atoms with van der Waals surface area (Å²) in [7, 11) is -2.94. The van der Waals surface area contributed by atoms with Gasteiger partial charge in [-0.3, -0.25) is 10.1 Å². The Balaban J connectivity index is 3.61. The van der Waals surface area contributed by atoms with E-state index in [9.17, 15) is 18.5 Å². The van der Waals surface area contributed by atoms with Gasteiger partial charge in [-0.25, -0.2) is 13.6 Å². The van der Waals surface area contributed by atoms with Gasteiger partial charge in [-0.2, -0.15) is 0 Å². The summed E-state index contributed by atoms with van der Waals surface area (Å²) in [5.74, 6) is -0.197. The van der Waals surface area contributed by atoms with Crippen LogP contribution in [0, 0.1) is 10.1 Å². The molecule has 0 heterocycles. The van der Waals surface area contributed by atoms with E-state index >= 15 is 0 Å². The fourth-order valence-corrected chi connectivity index (χ4v) is 2.15. The van der Waals surface area contributed by atoms with E-state index in [1.165, 1.54) is 7.11 Å². The number of nitro groups is 1. The van der Waals surface area contributed by atoms with E-state index in [0.717, 1.165) is 12.1 Å². The molecule has 0 bridgehead atoms. The van der Waals surface area contributed by atoms with Crippen LogP contribution < -0.4 is 14.6 Å². The first-order chi connectivity index (χ1) is 8.66. The van der Waals surface area contributed by atoms with Crippen molar-refractivity contribution in [2.24, 2.45) is 5.14 Å². The summed E-state index contributed by atoms with van der Waals surface area (Å²) < 4.78 is 33.1. The van der Waals surface area contributed by atoms with E-state index in [1.807, 2.05) is 0 Å². The van der Waals surface area contributed by atoms with Crippen LogP contribution in [0.15, 0.2) is 17.0 Å². The summed E-state index contributed by atoms with van der Waals surface area (Å²) in [6.45, 7) is 3.38. The highest BCUT2D eigenvalue weighted by molar-refractivity contribution is 7.89. The summed E-state index contributed by atoms with van der Waals surface area (Å²) >= 11 is 0. The van der Waals surface area contributed by atoms with Crippen LogP contribution in [-0.4, -0.2) is 26.6 Å². The minimum atomic E-state index is -4.17. The lowest BCUT2D eigenvalue weighted by Crippen LogP contribution is -2.15. The number of benzene rings is 1. The topological polar surface area (TPSA) is 122 Å². The molecule has 0 aromatic heterocycles. The Morgan fingerprint density at radius 3 is 2.32 bits per heavy atom. The van der Waals surface area contributed by atoms with Gasteiger partial charge in [0, 0.05) is 6.07 Å². The SMILES string of the molecule is COc1c(OC(C)C)cc([N+](=O)[O-])cc1S(N)(=O)=O. The highest BCUT2D eigenvalue weighted by Crippen LogP contribution is 2.38. The molecular weight excluding hydrogens is 276 g/mol. The molecule has 106 valence electrons. The number of rotatable bonds is 5. The minimum Gasteiger partial charge on any atom is -0.492 e. The summed E-state index contributed by atoms with van der Waals surface area (Å²) in [4.78, 5) is 9.57. The third-order valence-electron chi connectivity index (χ3n) is 2.09. The van der Waals surface area contributed by atoms with Gasteiger partial charge in [0.15, 0.2) is 11.5 Å². The molecule has 0 amide bonds. The zero-order chi connectivity index (χ0) is 14.8. The molecule has 1 rings (SSSR count). The van der Waals surface area contributed by atoms with Crippen LogP contribution in [0.2, 0.25) is 0 Å². The number of nitrogens with zero attached hydrogens (tertiary/aromatic N) is 1. The van der Waals surface area contributed by atoms with Crippen LogP contribution in [0.3, 0.4) is 0 Å². The van der Waals surface area contributed by atoms with E-state index in [4.69, 9.17) is 14.6 Å². The van der Waals surface area contributed by atoms with E-state index in [1.54, 1.807) is 13.8 Å². The summed E-state index contributed by atoms with van der Waals surface area (Å²) in [5, 5.41) is 15.8. The number of hydrogen-bond acceptors (Lipinski definition) is 6. The lowest BCUT2D eigenvalue weighted by atomic mass is 10.2. The van der Waals surface area contributed by atoms with Gasteiger partial charge in [0.25, 0.3) is 5.69 Å². The summed E-state index contributed by atoms with van der Waals surface area (Å²) in [6, 6.07) is 1.93. The Kier molecular flexibility index (Phi) is 4.32. The quantitative estimate of drug-likeness (QED) is 0.638. The van der Waals surface area contributed by atoms with Gasteiger partial charge < -0.3 is 9.47 Å². The smallest absolute Gasteiger partial charge is 0.274 e. The van der Waals surface area contributed by atoms with Crippen LogP contribution in [0.4, 0.5) is 5.69 Å². The number of sulfonamides is 1. The maximum Gasteiger partial charge on any atom is 0.274 e. The molecule has 9 heteroatoms. The van der Waals surface area contributed by atoms with Crippen LogP contribution >= 0.6 is 0 Å². The Labute approximate surface area is 110 Å².